The molecular formula is C16H14F2N2O. The van der Waals surface area contributed by atoms with Crippen molar-refractivity contribution in [3.63, 3.8) is 0 Å². The molecular weight excluding hydrogens is 274 g/mol. The first-order valence-electron chi connectivity index (χ1n) is 6.43. The molecule has 0 heterocycles. The minimum Gasteiger partial charge on any atom is -0.387 e. The fourth-order valence-corrected chi connectivity index (χ4v) is 1.96. The predicted molar refractivity (Wildman–Crippen MR) is 74.2 cm³/mol. The molecule has 0 bridgehead atoms. The van der Waals surface area contributed by atoms with E-state index in [4.69, 9.17) is 5.26 Å². The molecule has 0 saturated heterocycles. The molecule has 3 nitrogen and oxygen atoms in total. The quantitative estimate of drug-likeness (QED) is 0.889. The third-order valence-electron chi connectivity index (χ3n) is 3.09. The van der Waals surface area contributed by atoms with E-state index in [1.807, 2.05) is 6.07 Å². The summed E-state index contributed by atoms with van der Waals surface area (Å²) in [6.07, 6.45) is -0.754. The number of nitrogens with one attached hydrogen (secondary N) is 1. The first-order valence-corrected chi connectivity index (χ1v) is 6.43. The molecule has 2 rings (SSSR count). The Kier molecular flexibility index (Phi) is 4.99. The fourth-order valence-electron chi connectivity index (χ4n) is 1.96. The molecule has 5 heteroatoms. The van der Waals surface area contributed by atoms with Crippen LogP contribution in [0, 0.1) is 23.0 Å². The Balaban J connectivity index is 1.97. The molecule has 0 aliphatic rings. The van der Waals surface area contributed by atoms with Crippen molar-refractivity contribution in [2.24, 2.45) is 0 Å². The van der Waals surface area contributed by atoms with Crippen LogP contribution in [0.25, 0.3) is 0 Å². The molecule has 1 unspecified atom stereocenters. The highest BCUT2D eigenvalue weighted by Gasteiger charge is 2.12. The van der Waals surface area contributed by atoms with Gasteiger partial charge in [-0.05, 0) is 17.7 Å². The van der Waals surface area contributed by atoms with Crippen molar-refractivity contribution < 1.29 is 13.9 Å². The lowest BCUT2D eigenvalue weighted by Gasteiger charge is -2.13. The maximum atomic E-state index is 13.7. The van der Waals surface area contributed by atoms with Gasteiger partial charge >= 0.3 is 0 Å². The van der Waals surface area contributed by atoms with E-state index < -0.39 is 17.7 Å². The fraction of sp³-hybridized carbons (Fsp3) is 0.188. The molecule has 21 heavy (non-hydrogen) atoms. The second kappa shape index (κ2) is 6.93. The molecule has 0 saturated carbocycles. The molecule has 1 atom stereocenters. The van der Waals surface area contributed by atoms with Crippen LogP contribution in [0.2, 0.25) is 0 Å². The van der Waals surface area contributed by atoms with Crippen molar-refractivity contribution in [1.29, 1.82) is 5.26 Å². The van der Waals surface area contributed by atoms with Crippen LogP contribution >= 0.6 is 0 Å². The predicted octanol–water partition coefficient (Wildman–Crippen LogP) is 2.66. The van der Waals surface area contributed by atoms with E-state index in [2.05, 4.69) is 5.32 Å². The lowest BCUT2D eigenvalue weighted by Crippen LogP contribution is -2.22. The summed E-state index contributed by atoms with van der Waals surface area (Å²) in [6, 6.07) is 12.7. The van der Waals surface area contributed by atoms with Gasteiger partial charge in [-0.1, -0.05) is 30.3 Å². The van der Waals surface area contributed by atoms with E-state index in [1.54, 1.807) is 30.3 Å². The summed E-state index contributed by atoms with van der Waals surface area (Å²) in [5, 5.41) is 21.4. The van der Waals surface area contributed by atoms with Crippen LogP contribution in [0.5, 0.6) is 0 Å². The number of nitrogens with zero attached hydrogens (tertiary/aromatic N) is 1. The number of benzene rings is 2. The van der Waals surface area contributed by atoms with E-state index in [9.17, 15) is 13.9 Å². The standard InChI is InChI=1S/C16H14F2N2O/c17-14-6-11(8-19)7-15(18)13(14)9-20-10-16(21)12-4-2-1-3-5-12/h1-7,16,20-21H,9-10H2. The summed E-state index contributed by atoms with van der Waals surface area (Å²) in [5.74, 6) is -1.54. The third-order valence-corrected chi connectivity index (χ3v) is 3.09. The topological polar surface area (TPSA) is 56.0 Å². The van der Waals surface area contributed by atoms with Crippen LogP contribution < -0.4 is 5.32 Å². The number of aliphatic hydroxyl groups is 1. The maximum absolute atomic E-state index is 13.7. The van der Waals surface area contributed by atoms with E-state index in [0.29, 0.717) is 0 Å². The van der Waals surface area contributed by atoms with Crippen molar-refractivity contribution in [2.45, 2.75) is 12.6 Å². The highest BCUT2D eigenvalue weighted by atomic mass is 19.1. The van der Waals surface area contributed by atoms with Gasteiger partial charge < -0.3 is 10.4 Å². The molecule has 0 amide bonds. The first-order chi connectivity index (χ1) is 10.1. The van der Waals surface area contributed by atoms with Gasteiger partial charge in [-0.2, -0.15) is 5.26 Å². The zero-order chi connectivity index (χ0) is 15.2. The SMILES string of the molecule is N#Cc1cc(F)c(CNCC(O)c2ccccc2)c(F)c1. The molecule has 2 aromatic rings. The number of hydrogen-bond acceptors (Lipinski definition) is 3. The minimum absolute atomic E-state index is 0.0573. The van der Waals surface area contributed by atoms with Gasteiger partial charge in [0.05, 0.1) is 17.7 Å². The monoisotopic (exact) mass is 288 g/mol. The maximum Gasteiger partial charge on any atom is 0.131 e. The van der Waals surface area contributed by atoms with E-state index in [-0.39, 0.29) is 24.2 Å². The van der Waals surface area contributed by atoms with Gasteiger partial charge in [-0.15, -0.1) is 0 Å². The molecule has 0 fully saturated rings. The summed E-state index contributed by atoms with van der Waals surface area (Å²) in [7, 11) is 0. The lowest BCUT2D eigenvalue weighted by atomic mass is 10.1. The van der Waals surface area contributed by atoms with Gasteiger partial charge in [0.15, 0.2) is 0 Å². The largest absolute Gasteiger partial charge is 0.387 e. The average Bonchev–Trinajstić information content (AvgIpc) is 2.50. The molecule has 0 aliphatic heterocycles. The Bertz CT molecular complexity index is 630. The summed E-state index contributed by atoms with van der Waals surface area (Å²) in [4.78, 5) is 0. The molecule has 0 aliphatic carbocycles. The number of hydrogen-bond donors (Lipinski definition) is 2. The van der Waals surface area contributed by atoms with Crippen LogP contribution in [-0.2, 0) is 6.54 Å². The second-order valence-electron chi connectivity index (χ2n) is 4.59. The third kappa shape index (κ3) is 3.85. The van der Waals surface area contributed by atoms with Crippen LogP contribution in [0.3, 0.4) is 0 Å². The lowest BCUT2D eigenvalue weighted by molar-refractivity contribution is 0.174. The highest BCUT2D eigenvalue weighted by molar-refractivity contribution is 5.34. The van der Waals surface area contributed by atoms with Gasteiger partial charge in [-0.3, -0.25) is 0 Å². The van der Waals surface area contributed by atoms with Gasteiger partial charge in [0.25, 0.3) is 0 Å². The van der Waals surface area contributed by atoms with Gasteiger partial charge in [0, 0.05) is 18.7 Å². The number of halogens is 2. The van der Waals surface area contributed by atoms with Crippen LogP contribution in [0.4, 0.5) is 8.78 Å². The number of aliphatic hydroxyl groups excluding tert-OH is 1. The zero-order valence-electron chi connectivity index (χ0n) is 11.2. The van der Waals surface area contributed by atoms with E-state index in [1.165, 1.54) is 0 Å². The summed E-state index contributed by atoms with van der Waals surface area (Å²) < 4.78 is 27.3. The highest BCUT2D eigenvalue weighted by Crippen LogP contribution is 2.16. The van der Waals surface area contributed by atoms with Crippen molar-refractivity contribution >= 4 is 0 Å². The zero-order valence-corrected chi connectivity index (χ0v) is 11.2. The van der Waals surface area contributed by atoms with Crippen LogP contribution in [0.15, 0.2) is 42.5 Å². The summed E-state index contributed by atoms with van der Waals surface area (Å²) >= 11 is 0. The average molecular weight is 288 g/mol. The van der Waals surface area contributed by atoms with Crippen LogP contribution in [0.1, 0.15) is 22.8 Å². The normalized spacial score (nSPS) is 11.9. The molecule has 108 valence electrons. The molecule has 2 aromatic carbocycles. The Morgan fingerprint density at radius 1 is 1.14 bits per heavy atom. The van der Waals surface area contributed by atoms with E-state index in [0.717, 1.165) is 17.7 Å². The van der Waals surface area contributed by atoms with E-state index >= 15 is 0 Å². The molecule has 2 N–H and O–H groups in total. The minimum atomic E-state index is -0.770. The summed E-state index contributed by atoms with van der Waals surface area (Å²) in [6.45, 7) is 0.107. The Morgan fingerprint density at radius 2 is 1.76 bits per heavy atom. The van der Waals surface area contributed by atoms with Crippen LogP contribution in [-0.4, -0.2) is 11.7 Å². The van der Waals surface area contributed by atoms with Crippen molar-refractivity contribution in [3.8, 4) is 6.07 Å². The first kappa shape index (κ1) is 15.1. The smallest absolute Gasteiger partial charge is 0.131 e. The Labute approximate surface area is 121 Å². The summed E-state index contributed by atoms with van der Waals surface area (Å²) in [5.41, 5.74) is 0.526. The number of rotatable bonds is 5. The van der Waals surface area contributed by atoms with Gasteiger partial charge in [0.1, 0.15) is 11.6 Å². The van der Waals surface area contributed by atoms with Gasteiger partial charge in [-0.25, -0.2) is 8.78 Å². The molecule has 0 aromatic heterocycles. The Morgan fingerprint density at radius 3 is 2.33 bits per heavy atom. The molecule has 0 spiro atoms. The Hall–Kier alpha value is -2.29. The molecule has 0 radical (unpaired) electrons. The van der Waals surface area contributed by atoms with Crippen molar-refractivity contribution in [3.05, 3.63) is 70.8 Å². The van der Waals surface area contributed by atoms with Crippen molar-refractivity contribution in [1.82, 2.24) is 5.32 Å². The second-order valence-corrected chi connectivity index (χ2v) is 4.59. The van der Waals surface area contributed by atoms with Gasteiger partial charge in [0.2, 0.25) is 0 Å². The van der Waals surface area contributed by atoms with Crippen molar-refractivity contribution in [2.75, 3.05) is 6.54 Å². The number of nitriles is 1.